The minimum absolute atomic E-state index is 0.0992. The van der Waals surface area contributed by atoms with Gasteiger partial charge in [-0.25, -0.2) is 18.1 Å². The summed E-state index contributed by atoms with van der Waals surface area (Å²) in [5, 5.41) is 3.08. The van der Waals surface area contributed by atoms with Crippen molar-refractivity contribution < 1.29 is 8.42 Å². The quantitative estimate of drug-likeness (QED) is 0.865. The second-order valence-corrected chi connectivity index (χ2v) is 7.66. The molecular formula is C11H16ClN3O2S2. The molecule has 1 fully saturated rings. The summed E-state index contributed by atoms with van der Waals surface area (Å²) < 4.78 is 26.8. The Balaban J connectivity index is 2.08. The molecule has 1 unspecified atom stereocenters. The first-order chi connectivity index (χ1) is 9.03. The van der Waals surface area contributed by atoms with Gasteiger partial charge in [0.05, 0.1) is 5.02 Å². The Bertz CT molecular complexity index is 545. The molecule has 8 heteroatoms. The van der Waals surface area contributed by atoms with Gasteiger partial charge in [0.15, 0.2) is 0 Å². The van der Waals surface area contributed by atoms with E-state index in [1.165, 1.54) is 12.3 Å². The van der Waals surface area contributed by atoms with E-state index in [4.69, 9.17) is 11.6 Å². The number of thioether (sulfide) groups is 1. The van der Waals surface area contributed by atoms with E-state index in [0.717, 1.165) is 17.9 Å². The summed E-state index contributed by atoms with van der Waals surface area (Å²) >= 11 is 7.80. The molecule has 0 aliphatic carbocycles. The highest BCUT2D eigenvalue weighted by molar-refractivity contribution is 7.99. The lowest BCUT2D eigenvalue weighted by atomic mass is 10.1. The minimum atomic E-state index is -3.53. The van der Waals surface area contributed by atoms with Crippen LogP contribution in [0.3, 0.4) is 0 Å². The molecule has 1 aliphatic heterocycles. The SMILES string of the molecule is CNc1ncc(S(=O)(=O)NCC2CCSC2)cc1Cl. The molecule has 2 heterocycles. The van der Waals surface area contributed by atoms with Gasteiger partial charge in [0.2, 0.25) is 10.0 Å². The fraction of sp³-hybridized carbons (Fsp3) is 0.545. The van der Waals surface area contributed by atoms with Gasteiger partial charge in [0.25, 0.3) is 0 Å². The molecule has 1 aliphatic rings. The Hall–Kier alpha value is -0.500. The molecule has 19 heavy (non-hydrogen) atoms. The highest BCUT2D eigenvalue weighted by atomic mass is 35.5. The molecule has 0 spiro atoms. The number of nitrogens with zero attached hydrogens (tertiary/aromatic N) is 1. The van der Waals surface area contributed by atoms with Gasteiger partial charge in [-0.15, -0.1) is 0 Å². The third-order valence-electron chi connectivity index (χ3n) is 2.95. The van der Waals surface area contributed by atoms with Crippen LogP contribution in [-0.2, 0) is 10.0 Å². The second-order valence-electron chi connectivity index (χ2n) is 4.33. The number of anilines is 1. The number of hydrogen-bond acceptors (Lipinski definition) is 5. The van der Waals surface area contributed by atoms with Crippen LogP contribution in [0.1, 0.15) is 6.42 Å². The van der Waals surface area contributed by atoms with Crippen LogP contribution in [-0.4, -0.2) is 38.5 Å². The van der Waals surface area contributed by atoms with Crippen molar-refractivity contribution in [2.45, 2.75) is 11.3 Å². The van der Waals surface area contributed by atoms with E-state index in [-0.39, 0.29) is 4.90 Å². The summed E-state index contributed by atoms with van der Waals surface area (Å²) in [6.45, 7) is 0.473. The maximum absolute atomic E-state index is 12.1. The third-order valence-corrected chi connectivity index (χ3v) is 5.86. The summed E-state index contributed by atoms with van der Waals surface area (Å²) in [5.74, 6) is 3.00. The summed E-state index contributed by atoms with van der Waals surface area (Å²) in [6, 6.07) is 1.41. The summed E-state index contributed by atoms with van der Waals surface area (Å²) in [7, 11) is -1.85. The van der Waals surface area contributed by atoms with Crippen LogP contribution in [0, 0.1) is 5.92 Å². The topological polar surface area (TPSA) is 71.1 Å². The second kappa shape index (κ2) is 6.30. The fourth-order valence-electron chi connectivity index (χ4n) is 1.81. The van der Waals surface area contributed by atoms with E-state index in [9.17, 15) is 8.42 Å². The molecule has 0 saturated carbocycles. The van der Waals surface area contributed by atoms with Crippen LogP contribution < -0.4 is 10.0 Å². The molecule has 5 nitrogen and oxygen atoms in total. The number of pyridine rings is 1. The van der Waals surface area contributed by atoms with Crippen molar-refractivity contribution in [3.05, 3.63) is 17.3 Å². The zero-order valence-corrected chi connectivity index (χ0v) is 12.9. The number of halogens is 1. The summed E-state index contributed by atoms with van der Waals surface area (Å²) in [5.41, 5.74) is 0. The highest BCUT2D eigenvalue weighted by Gasteiger charge is 2.21. The van der Waals surface area contributed by atoms with Crippen molar-refractivity contribution in [3.8, 4) is 0 Å². The first kappa shape index (κ1) is 14.9. The van der Waals surface area contributed by atoms with Gasteiger partial charge in [-0.05, 0) is 29.9 Å². The Labute approximate surface area is 122 Å². The molecule has 106 valence electrons. The molecule has 1 saturated heterocycles. The van der Waals surface area contributed by atoms with E-state index >= 15 is 0 Å². The van der Waals surface area contributed by atoms with Gasteiger partial charge in [-0.2, -0.15) is 11.8 Å². The fourth-order valence-corrected chi connectivity index (χ4v) is 4.50. The average molecular weight is 322 g/mol. The lowest BCUT2D eigenvalue weighted by Gasteiger charge is -2.11. The Morgan fingerprint density at radius 1 is 1.58 bits per heavy atom. The van der Waals surface area contributed by atoms with E-state index in [2.05, 4.69) is 15.0 Å². The van der Waals surface area contributed by atoms with E-state index in [0.29, 0.717) is 23.3 Å². The smallest absolute Gasteiger partial charge is 0.242 e. The monoisotopic (exact) mass is 321 g/mol. The lowest BCUT2D eigenvalue weighted by Crippen LogP contribution is -2.29. The van der Waals surface area contributed by atoms with Crippen molar-refractivity contribution >= 4 is 39.2 Å². The standard InChI is InChI=1S/C11H16ClN3O2S2/c1-13-11-10(12)4-9(6-14-11)19(16,17)15-5-8-2-3-18-7-8/h4,6,8,15H,2-3,5,7H2,1H3,(H,13,14). The normalized spacial score (nSPS) is 19.6. The molecule has 1 atom stereocenters. The predicted octanol–water partition coefficient (Wildman–Crippen LogP) is 1.81. The van der Waals surface area contributed by atoms with Crippen LogP contribution >= 0.6 is 23.4 Å². The predicted molar refractivity (Wildman–Crippen MR) is 79.4 cm³/mol. The van der Waals surface area contributed by atoms with Gasteiger partial charge < -0.3 is 5.32 Å². The van der Waals surface area contributed by atoms with E-state index in [1.54, 1.807) is 7.05 Å². The minimum Gasteiger partial charge on any atom is -0.372 e. The molecule has 0 amide bonds. The highest BCUT2D eigenvalue weighted by Crippen LogP contribution is 2.24. The first-order valence-corrected chi connectivity index (χ1v) is 8.95. The Morgan fingerprint density at radius 3 is 2.95 bits per heavy atom. The number of aromatic nitrogens is 1. The van der Waals surface area contributed by atoms with Crippen molar-refractivity contribution in [1.82, 2.24) is 9.71 Å². The Morgan fingerprint density at radius 2 is 2.37 bits per heavy atom. The molecule has 0 radical (unpaired) electrons. The molecule has 1 aromatic heterocycles. The van der Waals surface area contributed by atoms with Gasteiger partial charge >= 0.3 is 0 Å². The first-order valence-electron chi connectivity index (χ1n) is 5.93. The molecule has 0 bridgehead atoms. The number of rotatable bonds is 5. The van der Waals surface area contributed by atoms with Gasteiger partial charge in [0, 0.05) is 19.8 Å². The van der Waals surface area contributed by atoms with Crippen molar-refractivity contribution in [3.63, 3.8) is 0 Å². The number of nitrogens with one attached hydrogen (secondary N) is 2. The summed E-state index contributed by atoms with van der Waals surface area (Å²) in [4.78, 5) is 4.08. The van der Waals surface area contributed by atoms with Gasteiger partial charge in [-0.3, -0.25) is 0 Å². The maximum atomic E-state index is 12.1. The van der Waals surface area contributed by atoms with Crippen molar-refractivity contribution in [1.29, 1.82) is 0 Å². The number of sulfonamides is 1. The van der Waals surface area contributed by atoms with Crippen molar-refractivity contribution in [2.24, 2.45) is 5.92 Å². The molecule has 1 aromatic rings. The molecule has 0 aromatic carbocycles. The maximum Gasteiger partial charge on any atom is 0.242 e. The van der Waals surface area contributed by atoms with Crippen LogP contribution in [0.5, 0.6) is 0 Å². The van der Waals surface area contributed by atoms with Crippen LogP contribution in [0.2, 0.25) is 5.02 Å². The number of hydrogen-bond donors (Lipinski definition) is 2. The third kappa shape index (κ3) is 3.75. The molecule has 2 rings (SSSR count). The molecular weight excluding hydrogens is 306 g/mol. The zero-order chi connectivity index (χ0) is 13.9. The average Bonchev–Trinajstić information content (AvgIpc) is 2.89. The zero-order valence-electron chi connectivity index (χ0n) is 10.5. The molecule has 2 N–H and O–H groups in total. The van der Waals surface area contributed by atoms with Crippen molar-refractivity contribution in [2.75, 3.05) is 30.4 Å². The van der Waals surface area contributed by atoms with E-state index in [1.807, 2.05) is 11.8 Å². The van der Waals surface area contributed by atoms with E-state index < -0.39 is 10.0 Å². The van der Waals surface area contributed by atoms with Crippen LogP contribution in [0.4, 0.5) is 5.82 Å². The largest absolute Gasteiger partial charge is 0.372 e. The van der Waals surface area contributed by atoms with Crippen LogP contribution in [0.25, 0.3) is 0 Å². The van der Waals surface area contributed by atoms with Gasteiger partial charge in [0.1, 0.15) is 10.7 Å². The van der Waals surface area contributed by atoms with Gasteiger partial charge in [-0.1, -0.05) is 11.6 Å². The lowest BCUT2D eigenvalue weighted by molar-refractivity contribution is 0.545. The summed E-state index contributed by atoms with van der Waals surface area (Å²) in [6.07, 6.45) is 2.37. The van der Waals surface area contributed by atoms with Crippen LogP contribution in [0.15, 0.2) is 17.2 Å². The Kier molecular flexibility index (Phi) is 4.94.